The minimum absolute atomic E-state index is 0.0938. The molecule has 2 aromatic carbocycles. The molecule has 3 aliphatic rings. The lowest BCUT2D eigenvalue weighted by Gasteiger charge is -2.26. The summed E-state index contributed by atoms with van der Waals surface area (Å²) < 4.78 is 17.2. The lowest BCUT2D eigenvalue weighted by molar-refractivity contribution is 0.0321. The van der Waals surface area contributed by atoms with Crippen LogP contribution in [-0.2, 0) is 9.47 Å². The van der Waals surface area contributed by atoms with Crippen LogP contribution < -0.4 is 9.64 Å². The summed E-state index contributed by atoms with van der Waals surface area (Å²) in [6.07, 6.45) is 0.261. The highest BCUT2D eigenvalue weighted by Crippen LogP contribution is 2.36. The number of ether oxygens (including phenoxy) is 3. The number of carbonyl (C=O) groups excluding carboxylic acids is 2. The van der Waals surface area contributed by atoms with Crippen molar-refractivity contribution in [2.45, 2.75) is 18.9 Å². The second-order valence-corrected chi connectivity index (χ2v) is 9.25. The predicted octanol–water partition coefficient (Wildman–Crippen LogP) is 2.95. The zero-order chi connectivity index (χ0) is 23.5. The monoisotopic (exact) mass is 465 g/mol. The fraction of sp³-hybridized carbons (Fsp3) is 0.462. The summed E-state index contributed by atoms with van der Waals surface area (Å²) in [5, 5.41) is 0. The van der Waals surface area contributed by atoms with Crippen LogP contribution in [0, 0.1) is 6.92 Å². The number of carbonyl (C=O) groups is 2. The molecule has 0 saturated carbocycles. The average molecular weight is 466 g/mol. The number of anilines is 1. The van der Waals surface area contributed by atoms with Crippen molar-refractivity contribution < 1.29 is 23.8 Å². The van der Waals surface area contributed by atoms with Crippen molar-refractivity contribution in [3.8, 4) is 5.75 Å². The van der Waals surface area contributed by atoms with Crippen LogP contribution in [0.1, 0.15) is 22.3 Å². The van der Waals surface area contributed by atoms with Gasteiger partial charge in [0.2, 0.25) is 0 Å². The van der Waals surface area contributed by atoms with Crippen molar-refractivity contribution in [1.82, 2.24) is 9.80 Å². The number of nitrogens with zero attached hydrogens (tertiary/aromatic N) is 3. The Morgan fingerprint density at radius 2 is 1.79 bits per heavy atom. The van der Waals surface area contributed by atoms with Crippen LogP contribution >= 0.6 is 0 Å². The molecular formula is C26H31N3O5. The molecule has 0 aliphatic carbocycles. The molecule has 8 heteroatoms. The molecule has 3 saturated heterocycles. The topological polar surface area (TPSA) is 71.6 Å². The van der Waals surface area contributed by atoms with Crippen LogP contribution in [0.2, 0.25) is 0 Å². The highest BCUT2D eigenvalue weighted by Gasteiger charge is 2.51. The van der Waals surface area contributed by atoms with Gasteiger partial charge in [-0.25, -0.2) is 4.79 Å². The minimum Gasteiger partial charge on any atom is -0.491 e. The standard InChI is InChI=1S/C26H31N3O5/c1-20-6-8-21(9-7-20)29-19-26(34-25(29)31)10-11-28(18-26)24(30)22-4-2-3-5-23(22)33-17-14-27-12-15-32-16-13-27/h2-9H,10-19H2,1H3. The molecule has 2 amide bonds. The van der Waals surface area contributed by atoms with Crippen LogP contribution in [0.3, 0.4) is 0 Å². The van der Waals surface area contributed by atoms with Crippen molar-refractivity contribution in [1.29, 1.82) is 0 Å². The van der Waals surface area contributed by atoms with E-state index in [1.807, 2.05) is 49.4 Å². The molecule has 5 rings (SSSR count). The summed E-state index contributed by atoms with van der Waals surface area (Å²) >= 11 is 0. The van der Waals surface area contributed by atoms with Gasteiger partial charge in [-0.1, -0.05) is 29.8 Å². The summed E-state index contributed by atoms with van der Waals surface area (Å²) in [6.45, 7) is 7.97. The molecule has 0 N–H and O–H groups in total. The number of para-hydroxylation sites is 1. The van der Waals surface area contributed by atoms with Gasteiger partial charge in [0.25, 0.3) is 5.91 Å². The second kappa shape index (κ2) is 9.64. The number of hydrogen-bond donors (Lipinski definition) is 0. The first kappa shape index (κ1) is 22.7. The van der Waals surface area contributed by atoms with E-state index in [-0.39, 0.29) is 12.0 Å². The van der Waals surface area contributed by atoms with E-state index in [0.29, 0.717) is 44.0 Å². The highest BCUT2D eigenvalue weighted by atomic mass is 16.6. The quantitative estimate of drug-likeness (QED) is 0.653. The summed E-state index contributed by atoms with van der Waals surface area (Å²) in [6, 6.07) is 15.2. The van der Waals surface area contributed by atoms with Crippen LogP contribution in [0.5, 0.6) is 5.75 Å². The summed E-state index contributed by atoms with van der Waals surface area (Å²) in [5.41, 5.74) is 1.82. The van der Waals surface area contributed by atoms with Crippen LogP contribution in [-0.4, -0.2) is 86.5 Å². The van der Waals surface area contributed by atoms with E-state index in [9.17, 15) is 9.59 Å². The number of benzene rings is 2. The minimum atomic E-state index is -0.677. The largest absolute Gasteiger partial charge is 0.491 e. The molecule has 1 unspecified atom stereocenters. The van der Waals surface area contributed by atoms with Gasteiger partial charge in [-0.3, -0.25) is 14.6 Å². The van der Waals surface area contributed by atoms with Crippen molar-refractivity contribution in [2.24, 2.45) is 0 Å². The third-order valence-corrected chi connectivity index (χ3v) is 6.81. The maximum atomic E-state index is 13.4. The Bertz CT molecular complexity index is 1040. The van der Waals surface area contributed by atoms with E-state index < -0.39 is 5.60 Å². The van der Waals surface area contributed by atoms with Gasteiger partial charge in [-0.05, 0) is 31.2 Å². The molecule has 2 aromatic rings. The molecular weight excluding hydrogens is 434 g/mol. The van der Waals surface area contributed by atoms with E-state index in [1.54, 1.807) is 15.9 Å². The average Bonchev–Trinajstić information content (AvgIpc) is 3.42. The third-order valence-electron chi connectivity index (χ3n) is 6.81. The Kier molecular flexibility index (Phi) is 6.43. The molecule has 3 fully saturated rings. The van der Waals surface area contributed by atoms with Gasteiger partial charge in [0.15, 0.2) is 5.60 Å². The molecule has 0 radical (unpaired) electrons. The highest BCUT2D eigenvalue weighted by molar-refractivity contribution is 5.97. The van der Waals surface area contributed by atoms with Crippen LogP contribution in [0.15, 0.2) is 48.5 Å². The fourth-order valence-electron chi connectivity index (χ4n) is 4.83. The van der Waals surface area contributed by atoms with Gasteiger partial charge >= 0.3 is 6.09 Å². The molecule has 3 aliphatic heterocycles. The Labute approximate surface area is 200 Å². The van der Waals surface area contributed by atoms with Gasteiger partial charge in [-0.2, -0.15) is 0 Å². The summed E-state index contributed by atoms with van der Waals surface area (Å²) in [5.74, 6) is 0.495. The van der Waals surface area contributed by atoms with Crippen LogP contribution in [0.25, 0.3) is 0 Å². The Morgan fingerprint density at radius 3 is 2.59 bits per heavy atom. The first-order valence-corrected chi connectivity index (χ1v) is 11.9. The van der Waals surface area contributed by atoms with Crippen molar-refractivity contribution in [3.05, 3.63) is 59.7 Å². The maximum absolute atomic E-state index is 13.4. The molecule has 180 valence electrons. The number of rotatable bonds is 6. The van der Waals surface area contributed by atoms with Gasteiger partial charge in [0.05, 0.1) is 31.9 Å². The third kappa shape index (κ3) is 4.74. The normalized spacial score (nSPS) is 22.9. The number of morpholine rings is 1. The van der Waals surface area contributed by atoms with Crippen molar-refractivity contribution >= 4 is 17.7 Å². The first-order chi connectivity index (χ1) is 16.5. The zero-order valence-corrected chi connectivity index (χ0v) is 19.6. The van der Waals surface area contributed by atoms with Gasteiger partial charge in [-0.15, -0.1) is 0 Å². The Balaban J connectivity index is 1.22. The Hall–Kier alpha value is -3.10. The van der Waals surface area contributed by atoms with E-state index in [1.165, 1.54) is 0 Å². The molecule has 1 atom stereocenters. The molecule has 0 bridgehead atoms. The molecule has 34 heavy (non-hydrogen) atoms. The van der Waals surface area contributed by atoms with Crippen molar-refractivity contribution in [2.75, 3.05) is 64.0 Å². The van der Waals surface area contributed by atoms with E-state index in [0.717, 1.165) is 44.1 Å². The van der Waals surface area contributed by atoms with E-state index in [4.69, 9.17) is 14.2 Å². The van der Waals surface area contributed by atoms with Crippen LogP contribution in [0.4, 0.5) is 10.5 Å². The molecule has 3 heterocycles. The summed E-state index contributed by atoms with van der Waals surface area (Å²) in [7, 11) is 0. The van der Waals surface area contributed by atoms with Gasteiger partial charge in [0, 0.05) is 38.3 Å². The van der Waals surface area contributed by atoms with Gasteiger partial charge < -0.3 is 19.1 Å². The number of aryl methyl sites for hydroxylation is 1. The molecule has 1 spiro atoms. The lowest BCUT2D eigenvalue weighted by atomic mass is 10.0. The SMILES string of the molecule is Cc1ccc(N2CC3(CCN(C(=O)c4ccccc4OCCN4CCOCC4)C3)OC2=O)cc1. The summed E-state index contributed by atoms with van der Waals surface area (Å²) in [4.78, 5) is 31.8. The smallest absolute Gasteiger partial charge is 0.415 e. The van der Waals surface area contributed by atoms with Crippen molar-refractivity contribution in [3.63, 3.8) is 0 Å². The van der Waals surface area contributed by atoms with E-state index >= 15 is 0 Å². The second-order valence-electron chi connectivity index (χ2n) is 9.25. The predicted molar refractivity (Wildman–Crippen MR) is 127 cm³/mol. The van der Waals surface area contributed by atoms with Gasteiger partial charge in [0.1, 0.15) is 12.4 Å². The number of amides is 2. The number of hydrogen-bond acceptors (Lipinski definition) is 6. The lowest BCUT2D eigenvalue weighted by Crippen LogP contribution is -2.40. The molecule has 0 aromatic heterocycles. The molecule has 8 nitrogen and oxygen atoms in total. The number of likely N-dealkylation sites (tertiary alicyclic amines) is 1. The Morgan fingerprint density at radius 1 is 1.03 bits per heavy atom. The fourth-order valence-corrected chi connectivity index (χ4v) is 4.83. The zero-order valence-electron chi connectivity index (χ0n) is 19.6. The maximum Gasteiger partial charge on any atom is 0.415 e. The van der Waals surface area contributed by atoms with E-state index in [2.05, 4.69) is 4.90 Å². The first-order valence-electron chi connectivity index (χ1n) is 11.9.